The van der Waals surface area contributed by atoms with Crippen molar-refractivity contribution < 1.29 is 9.53 Å². The largest absolute Gasteiger partial charge is 0.464 e. The third-order valence-electron chi connectivity index (χ3n) is 4.21. The molecule has 1 saturated carbocycles. The molecule has 118 valence electrons. The number of hydrogen-bond donors (Lipinski definition) is 0. The van der Waals surface area contributed by atoms with Crippen molar-refractivity contribution in [2.24, 2.45) is 5.92 Å². The molecule has 0 aromatic carbocycles. The molecule has 1 atom stereocenters. The molecule has 0 radical (unpaired) electrons. The van der Waals surface area contributed by atoms with Crippen LogP contribution in [0.2, 0.25) is 0 Å². The summed E-state index contributed by atoms with van der Waals surface area (Å²) in [4.78, 5) is 24.3. The van der Waals surface area contributed by atoms with Gasteiger partial charge in [-0.25, -0.2) is 14.3 Å². The van der Waals surface area contributed by atoms with E-state index in [0.717, 1.165) is 12.8 Å². The van der Waals surface area contributed by atoms with Crippen LogP contribution in [0.25, 0.3) is 0 Å². The van der Waals surface area contributed by atoms with Gasteiger partial charge >= 0.3 is 11.7 Å². The van der Waals surface area contributed by atoms with Crippen molar-refractivity contribution in [2.45, 2.75) is 65.5 Å². The number of ether oxygens (including phenoxy) is 1. The predicted molar refractivity (Wildman–Crippen MR) is 79.1 cm³/mol. The molecule has 2 rings (SSSR count). The topological polar surface area (TPSA) is 66.1 Å². The number of esters is 1. The normalized spacial score (nSPS) is 17.7. The van der Waals surface area contributed by atoms with Crippen molar-refractivity contribution in [3.8, 4) is 0 Å². The Morgan fingerprint density at radius 1 is 1.38 bits per heavy atom. The van der Waals surface area contributed by atoms with Crippen LogP contribution in [-0.4, -0.2) is 26.9 Å². The van der Waals surface area contributed by atoms with Crippen molar-refractivity contribution in [1.82, 2.24) is 14.3 Å². The van der Waals surface area contributed by atoms with Crippen LogP contribution < -0.4 is 5.69 Å². The molecule has 6 heteroatoms. The zero-order valence-corrected chi connectivity index (χ0v) is 13.2. The fourth-order valence-corrected chi connectivity index (χ4v) is 3.08. The number of carbonyl (C=O) groups excluding carboxylic acids is 1. The molecule has 0 amide bonds. The molecule has 0 bridgehead atoms. The Hall–Kier alpha value is -1.59. The van der Waals surface area contributed by atoms with E-state index in [-0.39, 0.29) is 11.7 Å². The maximum atomic E-state index is 12.5. The summed E-state index contributed by atoms with van der Waals surface area (Å²) < 4.78 is 7.94. The lowest BCUT2D eigenvalue weighted by atomic mass is 9.89. The fourth-order valence-electron chi connectivity index (χ4n) is 3.08. The van der Waals surface area contributed by atoms with E-state index in [9.17, 15) is 9.59 Å². The van der Waals surface area contributed by atoms with E-state index < -0.39 is 6.04 Å². The average Bonchev–Trinajstić information content (AvgIpc) is 2.74. The van der Waals surface area contributed by atoms with Crippen LogP contribution >= 0.6 is 0 Å². The van der Waals surface area contributed by atoms with Crippen LogP contribution in [-0.2, 0) is 16.1 Å². The monoisotopic (exact) mass is 295 g/mol. The van der Waals surface area contributed by atoms with Crippen molar-refractivity contribution >= 4 is 5.97 Å². The van der Waals surface area contributed by atoms with Gasteiger partial charge in [-0.1, -0.05) is 19.3 Å². The van der Waals surface area contributed by atoms with Crippen molar-refractivity contribution in [2.75, 3.05) is 6.61 Å². The number of aryl methyl sites for hydroxylation is 1. The Morgan fingerprint density at radius 2 is 2.05 bits per heavy atom. The number of aromatic nitrogens is 3. The zero-order chi connectivity index (χ0) is 15.4. The van der Waals surface area contributed by atoms with Gasteiger partial charge in [-0.2, -0.15) is 5.10 Å². The zero-order valence-electron chi connectivity index (χ0n) is 13.2. The van der Waals surface area contributed by atoms with E-state index in [1.165, 1.54) is 28.5 Å². The molecule has 1 aromatic rings. The lowest BCUT2D eigenvalue weighted by molar-refractivity contribution is -0.146. The summed E-state index contributed by atoms with van der Waals surface area (Å²) in [5.41, 5.74) is -0.210. The van der Waals surface area contributed by atoms with Gasteiger partial charge in [-0.3, -0.25) is 4.57 Å². The Bertz CT molecular complexity index is 541. The summed E-state index contributed by atoms with van der Waals surface area (Å²) in [5, 5.41) is 4.33. The summed E-state index contributed by atoms with van der Waals surface area (Å²) in [6.45, 7) is 6.16. The van der Waals surface area contributed by atoms with Crippen LogP contribution in [0.3, 0.4) is 0 Å². The van der Waals surface area contributed by atoms with Crippen LogP contribution in [0.5, 0.6) is 0 Å². The van der Waals surface area contributed by atoms with Gasteiger partial charge in [0.2, 0.25) is 0 Å². The van der Waals surface area contributed by atoms with Crippen molar-refractivity contribution in [1.29, 1.82) is 0 Å². The highest BCUT2D eigenvalue weighted by atomic mass is 16.5. The van der Waals surface area contributed by atoms with Crippen LogP contribution in [0, 0.1) is 12.8 Å². The van der Waals surface area contributed by atoms with Crippen LogP contribution in [0.15, 0.2) is 4.79 Å². The first-order valence-electron chi connectivity index (χ1n) is 7.87. The number of nitrogens with zero attached hydrogens (tertiary/aromatic N) is 3. The Kier molecular flexibility index (Phi) is 5.20. The summed E-state index contributed by atoms with van der Waals surface area (Å²) in [7, 11) is 0. The molecule has 1 aliphatic carbocycles. The van der Waals surface area contributed by atoms with E-state index in [0.29, 0.717) is 24.9 Å². The summed E-state index contributed by atoms with van der Waals surface area (Å²) in [6, 6.07) is -0.627. The molecule has 1 heterocycles. The van der Waals surface area contributed by atoms with Gasteiger partial charge in [0.15, 0.2) is 0 Å². The first-order chi connectivity index (χ1) is 10.0. The molecular formula is C15H25N3O3. The summed E-state index contributed by atoms with van der Waals surface area (Å²) in [6.07, 6.45) is 6.08. The second-order valence-electron chi connectivity index (χ2n) is 5.81. The van der Waals surface area contributed by atoms with Gasteiger partial charge in [0.1, 0.15) is 11.9 Å². The minimum Gasteiger partial charge on any atom is -0.464 e. The number of carbonyl (C=O) groups is 1. The van der Waals surface area contributed by atoms with Gasteiger partial charge in [0.05, 0.1) is 6.61 Å². The standard InChI is InChI=1S/C15H25N3O3/c1-4-21-14(19)11(2)18-12(3)16-17(15(18)20)10-13-8-6-5-7-9-13/h11,13H,4-10H2,1-3H3/t11-/m0/s1. The van der Waals surface area contributed by atoms with Gasteiger partial charge in [0, 0.05) is 6.54 Å². The fraction of sp³-hybridized carbons (Fsp3) is 0.800. The lowest BCUT2D eigenvalue weighted by Crippen LogP contribution is -2.33. The van der Waals surface area contributed by atoms with E-state index in [1.54, 1.807) is 20.8 Å². The first kappa shape index (κ1) is 15.8. The quantitative estimate of drug-likeness (QED) is 0.780. The second-order valence-corrected chi connectivity index (χ2v) is 5.81. The Labute approximate surface area is 125 Å². The maximum absolute atomic E-state index is 12.5. The molecule has 1 aromatic heterocycles. The first-order valence-corrected chi connectivity index (χ1v) is 7.87. The molecule has 21 heavy (non-hydrogen) atoms. The average molecular weight is 295 g/mol. The molecule has 0 aliphatic heterocycles. The Balaban J connectivity index is 2.16. The number of hydrogen-bond acceptors (Lipinski definition) is 4. The second kappa shape index (κ2) is 6.91. The van der Waals surface area contributed by atoms with Crippen LogP contribution in [0.1, 0.15) is 57.8 Å². The molecule has 0 spiro atoms. The van der Waals surface area contributed by atoms with Crippen molar-refractivity contribution in [3.63, 3.8) is 0 Å². The third-order valence-corrected chi connectivity index (χ3v) is 4.21. The van der Waals surface area contributed by atoms with Gasteiger partial charge in [0.25, 0.3) is 0 Å². The van der Waals surface area contributed by atoms with E-state index >= 15 is 0 Å². The minimum absolute atomic E-state index is 0.210. The highest BCUT2D eigenvalue weighted by molar-refractivity contribution is 5.73. The van der Waals surface area contributed by atoms with Crippen LogP contribution in [0.4, 0.5) is 0 Å². The maximum Gasteiger partial charge on any atom is 0.346 e. The summed E-state index contributed by atoms with van der Waals surface area (Å²) >= 11 is 0. The smallest absolute Gasteiger partial charge is 0.346 e. The molecule has 1 fully saturated rings. The molecular weight excluding hydrogens is 270 g/mol. The Morgan fingerprint density at radius 3 is 2.67 bits per heavy atom. The molecule has 0 N–H and O–H groups in total. The van der Waals surface area contributed by atoms with E-state index in [2.05, 4.69) is 5.10 Å². The summed E-state index contributed by atoms with van der Waals surface area (Å²) in [5.74, 6) is 0.702. The lowest BCUT2D eigenvalue weighted by Gasteiger charge is -2.20. The highest BCUT2D eigenvalue weighted by Gasteiger charge is 2.24. The van der Waals surface area contributed by atoms with Gasteiger partial charge < -0.3 is 4.74 Å². The minimum atomic E-state index is -0.627. The predicted octanol–water partition coefficient (Wildman–Crippen LogP) is 2.06. The number of rotatable bonds is 5. The van der Waals surface area contributed by atoms with Gasteiger partial charge in [-0.15, -0.1) is 0 Å². The molecule has 1 aliphatic rings. The molecule has 0 unspecified atom stereocenters. The van der Waals surface area contributed by atoms with Crippen molar-refractivity contribution in [3.05, 3.63) is 16.3 Å². The molecule has 6 nitrogen and oxygen atoms in total. The third kappa shape index (κ3) is 3.54. The SMILES string of the molecule is CCOC(=O)[C@H](C)n1c(C)nn(CC2CCCCC2)c1=O. The van der Waals surface area contributed by atoms with E-state index in [1.807, 2.05) is 0 Å². The molecule has 0 saturated heterocycles. The highest BCUT2D eigenvalue weighted by Crippen LogP contribution is 2.24. The van der Waals surface area contributed by atoms with E-state index in [4.69, 9.17) is 4.74 Å². The van der Waals surface area contributed by atoms with Gasteiger partial charge in [-0.05, 0) is 39.5 Å².